The fraction of sp³-hybridized carbons (Fsp3) is 0.471. The number of carboxylic acids is 1. The highest BCUT2D eigenvalue weighted by Gasteiger charge is 2.28. The molecule has 0 saturated heterocycles. The van der Waals surface area contributed by atoms with Crippen LogP contribution in [0.4, 0.5) is 0 Å². The van der Waals surface area contributed by atoms with E-state index in [-0.39, 0.29) is 0 Å². The zero-order valence-electron chi connectivity index (χ0n) is 13.2. The fourth-order valence-corrected chi connectivity index (χ4v) is 3.74. The van der Waals surface area contributed by atoms with Crippen LogP contribution >= 0.6 is 23.2 Å². The molecule has 0 bridgehead atoms. The number of aliphatic carboxylic acids is 1. The summed E-state index contributed by atoms with van der Waals surface area (Å²) in [6, 6.07) is 1.29. The van der Waals surface area contributed by atoms with E-state index < -0.39 is 12.0 Å². The van der Waals surface area contributed by atoms with Gasteiger partial charge in [0, 0.05) is 24.4 Å². The van der Waals surface area contributed by atoms with Crippen molar-refractivity contribution in [3.05, 3.63) is 38.4 Å². The fourth-order valence-electron chi connectivity index (χ4n) is 2.96. The normalized spacial score (nSPS) is 18.3. The summed E-state index contributed by atoms with van der Waals surface area (Å²) in [4.78, 5) is 13.4. The lowest BCUT2D eigenvalue weighted by Crippen LogP contribution is -2.33. The smallest absolute Gasteiger partial charge is 0.325 e. The van der Waals surface area contributed by atoms with Gasteiger partial charge in [-0.05, 0) is 56.0 Å². The first-order valence-corrected chi connectivity index (χ1v) is 8.54. The second kappa shape index (κ2) is 6.34. The van der Waals surface area contributed by atoms with Crippen LogP contribution in [0.25, 0.3) is 5.70 Å². The van der Waals surface area contributed by atoms with Gasteiger partial charge in [0.25, 0.3) is 0 Å². The maximum Gasteiger partial charge on any atom is 0.325 e. The SMILES string of the molecule is CC(NC(=C1CC1)c1c(Cl)cc2c(c1Cl)CCN(C)C2)C(=O)O. The summed E-state index contributed by atoms with van der Waals surface area (Å²) in [6.45, 7) is 3.42. The number of fused-ring (bicyclic) bond motifs is 1. The summed E-state index contributed by atoms with van der Waals surface area (Å²) < 4.78 is 0. The van der Waals surface area contributed by atoms with Crippen molar-refractivity contribution in [2.24, 2.45) is 0 Å². The Labute approximate surface area is 146 Å². The second-order valence-electron chi connectivity index (χ2n) is 6.36. The van der Waals surface area contributed by atoms with Gasteiger partial charge in [0.1, 0.15) is 6.04 Å². The summed E-state index contributed by atoms with van der Waals surface area (Å²) in [5, 5.41) is 13.5. The monoisotopic (exact) mass is 354 g/mol. The number of hydrogen-bond acceptors (Lipinski definition) is 3. The molecular weight excluding hydrogens is 335 g/mol. The molecule has 2 aliphatic rings. The third kappa shape index (κ3) is 3.35. The number of nitrogens with one attached hydrogen (secondary N) is 1. The average molecular weight is 355 g/mol. The molecule has 6 heteroatoms. The van der Waals surface area contributed by atoms with Gasteiger partial charge < -0.3 is 15.3 Å². The molecule has 23 heavy (non-hydrogen) atoms. The van der Waals surface area contributed by atoms with Crippen molar-refractivity contribution in [1.82, 2.24) is 10.2 Å². The van der Waals surface area contributed by atoms with Crippen LogP contribution < -0.4 is 5.32 Å². The second-order valence-corrected chi connectivity index (χ2v) is 7.14. The molecule has 0 amide bonds. The molecule has 1 aliphatic heterocycles. The molecule has 1 saturated carbocycles. The van der Waals surface area contributed by atoms with Crippen LogP contribution in [-0.2, 0) is 17.8 Å². The summed E-state index contributed by atoms with van der Waals surface area (Å²) in [6.07, 6.45) is 2.80. The Bertz CT molecular complexity index is 694. The first-order valence-electron chi connectivity index (χ1n) is 7.78. The van der Waals surface area contributed by atoms with E-state index in [0.29, 0.717) is 10.0 Å². The lowest BCUT2D eigenvalue weighted by Gasteiger charge is -2.28. The van der Waals surface area contributed by atoms with Gasteiger partial charge in [-0.15, -0.1) is 0 Å². The van der Waals surface area contributed by atoms with Crippen molar-refractivity contribution in [1.29, 1.82) is 0 Å². The van der Waals surface area contributed by atoms with Gasteiger partial charge in [-0.3, -0.25) is 4.79 Å². The van der Waals surface area contributed by atoms with Crippen molar-refractivity contribution in [3.63, 3.8) is 0 Å². The molecule has 0 aromatic heterocycles. The van der Waals surface area contributed by atoms with Crippen LogP contribution in [0.15, 0.2) is 11.6 Å². The van der Waals surface area contributed by atoms with E-state index >= 15 is 0 Å². The molecule has 1 fully saturated rings. The Morgan fingerprint density at radius 2 is 2.04 bits per heavy atom. The van der Waals surface area contributed by atoms with Gasteiger partial charge in [-0.1, -0.05) is 23.2 Å². The molecular formula is C17H20Cl2N2O2. The number of likely N-dealkylation sites (N-methyl/N-ethyl adjacent to an activating group) is 1. The lowest BCUT2D eigenvalue weighted by molar-refractivity contribution is -0.138. The summed E-state index contributed by atoms with van der Waals surface area (Å²) in [7, 11) is 2.08. The topological polar surface area (TPSA) is 52.6 Å². The maximum absolute atomic E-state index is 11.2. The predicted molar refractivity (Wildman–Crippen MR) is 92.9 cm³/mol. The Morgan fingerprint density at radius 3 is 2.65 bits per heavy atom. The zero-order valence-corrected chi connectivity index (χ0v) is 14.8. The van der Waals surface area contributed by atoms with Crippen LogP contribution in [0.2, 0.25) is 10.0 Å². The van der Waals surface area contributed by atoms with E-state index in [1.807, 2.05) is 6.07 Å². The molecule has 1 heterocycles. The number of allylic oxidation sites excluding steroid dienone is 1. The van der Waals surface area contributed by atoms with Crippen molar-refractivity contribution in [2.75, 3.05) is 13.6 Å². The van der Waals surface area contributed by atoms with Crippen LogP contribution in [0.1, 0.15) is 36.5 Å². The molecule has 1 atom stereocenters. The van der Waals surface area contributed by atoms with Gasteiger partial charge in [-0.25, -0.2) is 0 Å². The molecule has 4 nitrogen and oxygen atoms in total. The molecule has 1 aromatic carbocycles. The third-order valence-electron chi connectivity index (χ3n) is 4.43. The molecule has 0 radical (unpaired) electrons. The largest absolute Gasteiger partial charge is 0.480 e. The minimum Gasteiger partial charge on any atom is -0.480 e. The van der Waals surface area contributed by atoms with Crippen LogP contribution in [0.3, 0.4) is 0 Å². The van der Waals surface area contributed by atoms with Crippen molar-refractivity contribution in [3.8, 4) is 0 Å². The van der Waals surface area contributed by atoms with Gasteiger partial charge in [-0.2, -0.15) is 0 Å². The predicted octanol–water partition coefficient (Wildman–Crippen LogP) is 3.55. The number of carboxylic acid groups (broad SMARTS) is 1. The van der Waals surface area contributed by atoms with E-state index in [1.165, 1.54) is 5.57 Å². The maximum atomic E-state index is 11.2. The number of hydrogen-bond donors (Lipinski definition) is 2. The minimum atomic E-state index is -0.893. The molecule has 1 aliphatic carbocycles. The molecule has 1 unspecified atom stereocenters. The van der Waals surface area contributed by atoms with E-state index in [4.69, 9.17) is 23.2 Å². The molecule has 2 N–H and O–H groups in total. The standard InChI is InChI=1S/C17H20Cl2N2O2/c1-9(17(22)23)20-16(10-3-4-10)14-13(18)7-11-8-21(2)6-5-12(11)15(14)19/h7,9,20H,3-6,8H2,1-2H3,(H,22,23). The van der Waals surface area contributed by atoms with E-state index in [9.17, 15) is 9.90 Å². The van der Waals surface area contributed by atoms with Crippen molar-refractivity contribution >= 4 is 34.9 Å². The molecule has 1 aromatic rings. The zero-order chi connectivity index (χ0) is 16.7. The van der Waals surface area contributed by atoms with E-state index in [2.05, 4.69) is 17.3 Å². The number of rotatable bonds is 4. The Morgan fingerprint density at radius 1 is 1.35 bits per heavy atom. The van der Waals surface area contributed by atoms with E-state index in [1.54, 1.807) is 6.92 Å². The van der Waals surface area contributed by atoms with Crippen LogP contribution in [0, 0.1) is 0 Å². The number of carbonyl (C=O) groups is 1. The quantitative estimate of drug-likeness (QED) is 0.867. The number of nitrogens with zero attached hydrogens (tertiary/aromatic N) is 1. The van der Waals surface area contributed by atoms with Gasteiger partial charge in [0.05, 0.1) is 10.0 Å². The van der Waals surface area contributed by atoms with Crippen LogP contribution in [-0.4, -0.2) is 35.6 Å². The molecule has 124 valence electrons. The average Bonchev–Trinajstić information content (AvgIpc) is 3.29. The Balaban J connectivity index is 2.05. The van der Waals surface area contributed by atoms with Gasteiger partial charge >= 0.3 is 5.97 Å². The van der Waals surface area contributed by atoms with Crippen molar-refractivity contribution in [2.45, 2.75) is 38.8 Å². The highest BCUT2D eigenvalue weighted by molar-refractivity contribution is 6.38. The van der Waals surface area contributed by atoms with Crippen LogP contribution in [0.5, 0.6) is 0 Å². The number of benzene rings is 1. The summed E-state index contributed by atoms with van der Waals surface area (Å²) in [5.41, 5.74) is 5.04. The highest BCUT2D eigenvalue weighted by atomic mass is 35.5. The summed E-state index contributed by atoms with van der Waals surface area (Å²) in [5.74, 6) is -0.893. The Hall–Kier alpha value is -1.23. The first kappa shape index (κ1) is 16.6. The molecule has 0 spiro atoms. The third-order valence-corrected chi connectivity index (χ3v) is 5.15. The number of halogens is 2. The summed E-state index contributed by atoms with van der Waals surface area (Å²) >= 11 is 13.2. The molecule has 3 rings (SSSR count). The minimum absolute atomic E-state index is 0.587. The van der Waals surface area contributed by atoms with E-state index in [0.717, 1.165) is 54.7 Å². The van der Waals surface area contributed by atoms with Gasteiger partial charge in [0.15, 0.2) is 0 Å². The highest BCUT2D eigenvalue weighted by Crippen LogP contribution is 2.43. The lowest BCUT2D eigenvalue weighted by atomic mass is 9.95. The van der Waals surface area contributed by atoms with Gasteiger partial charge in [0.2, 0.25) is 0 Å². The van der Waals surface area contributed by atoms with Crippen molar-refractivity contribution < 1.29 is 9.90 Å². The Kier molecular flexibility index (Phi) is 4.59. The first-order chi connectivity index (χ1) is 10.9.